The van der Waals surface area contributed by atoms with Gasteiger partial charge in [0.05, 0.1) is 11.7 Å². The number of anilines is 1. The summed E-state index contributed by atoms with van der Waals surface area (Å²) in [7, 11) is 0. The fourth-order valence-corrected chi connectivity index (χ4v) is 6.14. The number of hydrogen-bond acceptors (Lipinski definition) is 5. The normalized spacial score (nSPS) is 19.0. The van der Waals surface area contributed by atoms with Crippen LogP contribution in [0, 0.1) is 5.92 Å². The van der Waals surface area contributed by atoms with E-state index in [1.54, 1.807) is 11.3 Å². The summed E-state index contributed by atoms with van der Waals surface area (Å²) >= 11 is 7.74. The highest BCUT2D eigenvalue weighted by Gasteiger charge is 2.25. The van der Waals surface area contributed by atoms with Crippen LogP contribution in [-0.4, -0.2) is 46.5 Å². The van der Waals surface area contributed by atoms with Crippen LogP contribution in [0.25, 0.3) is 10.2 Å². The molecule has 5 rings (SSSR count). The van der Waals surface area contributed by atoms with Crippen LogP contribution in [0.5, 0.6) is 0 Å². The number of hydrogen-bond donors (Lipinski definition) is 0. The first-order valence-corrected chi connectivity index (χ1v) is 12.0. The van der Waals surface area contributed by atoms with E-state index in [-0.39, 0.29) is 18.0 Å². The summed E-state index contributed by atoms with van der Waals surface area (Å²) in [5.41, 5.74) is 2.15. The molecule has 0 unspecified atom stereocenters. The van der Waals surface area contributed by atoms with Crippen molar-refractivity contribution in [1.82, 2.24) is 14.5 Å². The smallest absolute Gasteiger partial charge is 0.262 e. The van der Waals surface area contributed by atoms with Crippen LogP contribution in [-0.2, 0) is 24.2 Å². The summed E-state index contributed by atoms with van der Waals surface area (Å²) in [4.78, 5) is 36.8. The molecule has 1 amide bonds. The van der Waals surface area contributed by atoms with Gasteiger partial charge in [0.25, 0.3) is 5.56 Å². The molecule has 1 aromatic carbocycles. The van der Waals surface area contributed by atoms with Gasteiger partial charge in [-0.05, 0) is 48.9 Å². The molecule has 1 aliphatic heterocycles. The highest BCUT2D eigenvalue weighted by molar-refractivity contribution is 7.18. The Labute approximate surface area is 190 Å². The Kier molecular flexibility index (Phi) is 5.48. The average molecular weight is 457 g/mol. The van der Waals surface area contributed by atoms with Crippen molar-refractivity contribution in [3.05, 3.63) is 56.4 Å². The van der Waals surface area contributed by atoms with E-state index in [1.165, 1.54) is 15.8 Å². The molecule has 0 N–H and O–H groups in total. The summed E-state index contributed by atoms with van der Waals surface area (Å²) in [6.07, 6.45) is 4.58. The van der Waals surface area contributed by atoms with Gasteiger partial charge in [0.15, 0.2) is 0 Å². The second-order valence-corrected chi connectivity index (χ2v) is 10.1. The van der Waals surface area contributed by atoms with E-state index < -0.39 is 0 Å². The lowest BCUT2D eigenvalue weighted by atomic mass is 9.89. The third-order valence-corrected chi connectivity index (χ3v) is 7.79. The molecule has 0 bridgehead atoms. The van der Waals surface area contributed by atoms with Crippen molar-refractivity contribution < 1.29 is 4.79 Å². The molecule has 31 heavy (non-hydrogen) atoms. The molecule has 1 saturated heterocycles. The molecule has 2 aromatic heterocycles. The lowest BCUT2D eigenvalue weighted by Gasteiger charge is -2.36. The molecule has 6 nitrogen and oxygen atoms in total. The maximum absolute atomic E-state index is 13.2. The number of carbonyl (C=O) groups excluding carboxylic acids is 1. The number of piperazine rings is 1. The first kappa shape index (κ1) is 20.5. The van der Waals surface area contributed by atoms with Crippen molar-refractivity contribution in [3.8, 4) is 0 Å². The lowest BCUT2D eigenvalue weighted by molar-refractivity contribution is -0.132. The van der Waals surface area contributed by atoms with E-state index in [0.29, 0.717) is 24.0 Å². The molecule has 0 saturated carbocycles. The van der Waals surface area contributed by atoms with Crippen LogP contribution in [0.15, 0.2) is 35.4 Å². The van der Waals surface area contributed by atoms with Crippen LogP contribution < -0.4 is 10.5 Å². The predicted molar refractivity (Wildman–Crippen MR) is 125 cm³/mol. The van der Waals surface area contributed by atoms with Crippen LogP contribution in [0.3, 0.4) is 0 Å². The summed E-state index contributed by atoms with van der Waals surface area (Å²) < 4.78 is 1.49. The van der Waals surface area contributed by atoms with E-state index in [1.807, 2.05) is 29.2 Å². The molecule has 1 atom stereocenters. The largest absolute Gasteiger partial charge is 0.368 e. The molecule has 3 heterocycles. The molecule has 3 aromatic rings. The van der Waals surface area contributed by atoms with Gasteiger partial charge in [-0.3, -0.25) is 14.2 Å². The molecule has 0 radical (unpaired) electrons. The van der Waals surface area contributed by atoms with E-state index in [2.05, 4.69) is 16.8 Å². The van der Waals surface area contributed by atoms with E-state index >= 15 is 0 Å². The minimum absolute atomic E-state index is 0.0355. The van der Waals surface area contributed by atoms with Gasteiger partial charge in [-0.2, -0.15) is 0 Å². The number of aromatic nitrogens is 2. The van der Waals surface area contributed by atoms with Crippen LogP contribution in [0.4, 0.5) is 5.69 Å². The van der Waals surface area contributed by atoms with Gasteiger partial charge in [0.2, 0.25) is 5.91 Å². The van der Waals surface area contributed by atoms with Crippen LogP contribution in [0.1, 0.15) is 23.8 Å². The van der Waals surface area contributed by atoms with Gasteiger partial charge >= 0.3 is 0 Å². The zero-order chi connectivity index (χ0) is 21.5. The Morgan fingerprint density at radius 3 is 2.84 bits per heavy atom. The number of halogens is 1. The molecule has 1 aliphatic carbocycles. The summed E-state index contributed by atoms with van der Waals surface area (Å²) in [5.74, 6) is 0.613. The summed E-state index contributed by atoms with van der Waals surface area (Å²) in [5, 5.41) is 1.44. The first-order valence-electron chi connectivity index (χ1n) is 10.8. The van der Waals surface area contributed by atoms with E-state index in [4.69, 9.17) is 11.6 Å². The Hall–Kier alpha value is -2.38. The standard InChI is InChI=1S/C23H25ClN4O2S/c1-15-5-6-18-19(11-15)31-22-21(18)23(30)28(14-25-22)13-20(29)27-9-7-26(8-10-27)17-4-2-3-16(24)12-17/h2-4,12,14-15H,5-11,13H2,1H3/t15-/m0/s1. The molecular weight excluding hydrogens is 432 g/mol. The monoisotopic (exact) mass is 456 g/mol. The Morgan fingerprint density at radius 1 is 1.26 bits per heavy atom. The maximum Gasteiger partial charge on any atom is 0.262 e. The minimum atomic E-state index is -0.0806. The first-order chi connectivity index (χ1) is 15.0. The lowest BCUT2D eigenvalue weighted by Crippen LogP contribution is -2.50. The number of aryl methyl sites for hydroxylation is 1. The summed E-state index contributed by atoms with van der Waals surface area (Å²) in [6.45, 7) is 5.04. The number of carbonyl (C=O) groups is 1. The van der Waals surface area contributed by atoms with Crippen molar-refractivity contribution in [2.24, 2.45) is 5.92 Å². The minimum Gasteiger partial charge on any atom is -0.368 e. The molecular formula is C23H25ClN4O2S. The van der Waals surface area contributed by atoms with Gasteiger partial charge in [-0.25, -0.2) is 4.98 Å². The fraction of sp³-hybridized carbons (Fsp3) is 0.435. The number of fused-ring (bicyclic) bond motifs is 3. The average Bonchev–Trinajstić information content (AvgIpc) is 3.14. The number of rotatable bonds is 3. The SMILES string of the molecule is C[C@H]1CCc2c(sc3ncn(CC(=O)N4CCN(c5cccc(Cl)c5)CC4)c(=O)c23)C1. The third kappa shape index (κ3) is 3.96. The van der Waals surface area contributed by atoms with Crippen molar-refractivity contribution in [3.63, 3.8) is 0 Å². The zero-order valence-corrected chi connectivity index (χ0v) is 19.1. The molecule has 0 spiro atoms. The topological polar surface area (TPSA) is 58.4 Å². The molecule has 2 aliphatic rings. The Bertz CT molecular complexity index is 1200. The maximum atomic E-state index is 13.2. The van der Waals surface area contributed by atoms with Gasteiger partial charge in [-0.15, -0.1) is 11.3 Å². The second-order valence-electron chi connectivity index (χ2n) is 8.56. The Morgan fingerprint density at radius 2 is 2.06 bits per heavy atom. The highest BCUT2D eigenvalue weighted by atomic mass is 35.5. The Balaban J connectivity index is 1.30. The van der Waals surface area contributed by atoms with Crippen LogP contribution in [0.2, 0.25) is 5.02 Å². The predicted octanol–water partition coefficient (Wildman–Crippen LogP) is 3.59. The van der Waals surface area contributed by atoms with E-state index in [9.17, 15) is 9.59 Å². The van der Waals surface area contributed by atoms with Crippen molar-refractivity contribution in [2.75, 3.05) is 31.1 Å². The van der Waals surface area contributed by atoms with Crippen LogP contribution >= 0.6 is 22.9 Å². The zero-order valence-electron chi connectivity index (χ0n) is 17.5. The number of nitrogens with zero attached hydrogens (tertiary/aromatic N) is 4. The number of benzene rings is 1. The molecule has 162 valence electrons. The van der Waals surface area contributed by atoms with Crippen molar-refractivity contribution in [1.29, 1.82) is 0 Å². The second kappa shape index (κ2) is 8.28. The van der Waals surface area contributed by atoms with Gasteiger partial charge in [-0.1, -0.05) is 24.6 Å². The van der Waals surface area contributed by atoms with Gasteiger partial charge in [0, 0.05) is 41.8 Å². The van der Waals surface area contributed by atoms with Gasteiger partial charge in [0.1, 0.15) is 11.4 Å². The van der Waals surface area contributed by atoms with Crippen molar-refractivity contribution >= 4 is 44.7 Å². The van der Waals surface area contributed by atoms with E-state index in [0.717, 1.165) is 53.8 Å². The summed E-state index contributed by atoms with van der Waals surface area (Å²) in [6, 6.07) is 7.78. The number of thiophene rings is 1. The molecule has 8 heteroatoms. The number of amides is 1. The third-order valence-electron chi connectivity index (χ3n) is 6.39. The van der Waals surface area contributed by atoms with Gasteiger partial charge < -0.3 is 9.80 Å². The highest BCUT2D eigenvalue weighted by Crippen LogP contribution is 2.35. The van der Waals surface area contributed by atoms with Crippen molar-refractivity contribution in [2.45, 2.75) is 32.7 Å². The fourth-order valence-electron chi connectivity index (χ4n) is 4.61. The quantitative estimate of drug-likeness (QED) is 0.604. The molecule has 1 fully saturated rings.